The van der Waals surface area contributed by atoms with E-state index in [0.29, 0.717) is 5.92 Å². The van der Waals surface area contributed by atoms with E-state index in [-0.39, 0.29) is 5.56 Å². The van der Waals surface area contributed by atoms with Gasteiger partial charge in [-0.3, -0.25) is 9.36 Å². The van der Waals surface area contributed by atoms with Gasteiger partial charge in [0, 0.05) is 4.88 Å². The van der Waals surface area contributed by atoms with Crippen molar-refractivity contribution in [1.82, 2.24) is 9.55 Å². The molecule has 2 aromatic heterocycles. The van der Waals surface area contributed by atoms with E-state index in [0.717, 1.165) is 41.0 Å². The maximum absolute atomic E-state index is 13.2. The average Bonchev–Trinajstić information content (AvgIpc) is 2.86. The molecule has 0 saturated heterocycles. The monoisotopic (exact) mass is 324 g/mol. The number of aryl methyl sites for hydroxylation is 3. The molecule has 1 aliphatic rings. The molecule has 3 aromatic rings. The van der Waals surface area contributed by atoms with Crippen molar-refractivity contribution in [1.29, 1.82) is 0 Å². The highest BCUT2D eigenvalue weighted by Crippen LogP contribution is 2.36. The molecule has 4 rings (SSSR count). The molecule has 4 heteroatoms. The highest BCUT2D eigenvalue weighted by molar-refractivity contribution is 7.18. The largest absolute Gasteiger partial charge is 0.268 e. The van der Waals surface area contributed by atoms with Crippen molar-refractivity contribution < 1.29 is 0 Å². The zero-order valence-electron chi connectivity index (χ0n) is 13.7. The first-order chi connectivity index (χ1) is 11.0. The van der Waals surface area contributed by atoms with Crippen molar-refractivity contribution in [3.63, 3.8) is 0 Å². The van der Waals surface area contributed by atoms with E-state index in [4.69, 9.17) is 4.98 Å². The van der Waals surface area contributed by atoms with Crippen LogP contribution in [0.15, 0.2) is 29.1 Å². The molecule has 1 atom stereocenters. The Hall–Kier alpha value is -1.94. The summed E-state index contributed by atoms with van der Waals surface area (Å²) in [5.74, 6) is 1.47. The molecule has 0 spiro atoms. The van der Waals surface area contributed by atoms with Crippen LogP contribution in [0.1, 0.15) is 35.2 Å². The molecule has 0 aliphatic heterocycles. The van der Waals surface area contributed by atoms with Crippen molar-refractivity contribution in [2.75, 3.05) is 0 Å². The third-order valence-corrected chi connectivity index (χ3v) is 5.94. The highest BCUT2D eigenvalue weighted by Gasteiger charge is 2.24. The standard InChI is InChI=1S/C19H20N2OS/c1-11-4-7-14(8-5-11)21-13(3)20-18-17(19(21)22)15-9-6-12(2)10-16(15)23-18/h4-5,7-8,12H,6,9-10H2,1-3H3. The van der Waals surface area contributed by atoms with E-state index < -0.39 is 0 Å². The van der Waals surface area contributed by atoms with Crippen LogP contribution < -0.4 is 5.56 Å². The first-order valence-electron chi connectivity index (χ1n) is 8.15. The first-order valence-corrected chi connectivity index (χ1v) is 8.97. The summed E-state index contributed by atoms with van der Waals surface area (Å²) in [6.45, 7) is 6.26. The van der Waals surface area contributed by atoms with Gasteiger partial charge in [-0.25, -0.2) is 4.98 Å². The molecule has 2 heterocycles. The lowest BCUT2D eigenvalue weighted by Gasteiger charge is -2.17. The van der Waals surface area contributed by atoms with Gasteiger partial charge in [0.05, 0.1) is 11.1 Å². The predicted molar refractivity (Wildman–Crippen MR) is 95.9 cm³/mol. The fourth-order valence-corrected chi connectivity index (χ4v) is 4.91. The molecule has 0 fully saturated rings. The van der Waals surface area contributed by atoms with Crippen molar-refractivity contribution in [3.05, 3.63) is 56.4 Å². The number of thiophene rings is 1. The summed E-state index contributed by atoms with van der Waals surface area (Å²) in [7, 11) is 0. The summed E-state index contributed by atoms with van der Waals surface area (Å²) in [6.07, 6.45) is 3.25. The summed E-state index contributed by atoms with van der Waals surface area (Å²) in [5, 5.41) is 0.850. The van der Waals surface area contributed by atoms with Crippen molar-refractivity contribution in [2.24, 2.45) is 5.92 Å². The van der Waals surface area contributed by atoms with Crippen LogP contribution in [0, 0.1) is 19.8 Å². The molecule has 1 unspecified atom stereocenters. The fraction of sp³-hybridized carbons (Fsp3) is 0.368. The van der Waals surface area contributed by atoms with Crippen LogP contribution in [0.3, 0.4) is 0 Å². The number of nitrogens with zero attached hydrogens (tertiary/aromatic N) is 2. The Morgan fingerprint density at radius 2 is 1.96 bits per heavy atom. The smallest absolute Gasteiger partial charge is 0.267 e. The molecule has 118 valence electrons. The van der Waals surface area contributed by atoms with Gasteiger partial charge in [-0.15, -0.1) is 11.3 Å². The lowest BCUT2D eigenvalue weighted by atomic mass is 9.89. The molecule has 0 bridgehead atoms. The van der Waals surface area contributed by atoms with Crippen LogP contribution in [0.4, 0.5) is 0 Å². The lowest BCUT2D eigenvalue weighted by Crippen LogP contribution is -2.23. The number of rotatable bonds is 1. The third-order valence-electron chi connectivity index (χ3n) is 4.79. The molecule has 23 heavy (non-hydrogen) atoms. The molecule has 1 aromatic carbocycles. The van der Waals surface area contributed by atoms with Gasteiger partial charge in [0.15, 0.2) is 0 Å². The Balaban J connectivity index is 2.00. The van der Waals surface area contributed by atoms with Gasteiger partial charge >= 0.3 is 0 Å². The minimum Gasteiger partial charge on any atom is -0.268 e. The van der Waals surface area contributed by atoms with Gasteiger partial charge in [0.2, 0.25) is 0 Å². The van der Waals surface area contributed by atoms with Gasteiger partial charge in [-0.05, 0) is 56.7 Å². The summed E-state index contributed by atoms with van der Waals surface area (Å²) < 4.78 is 1.76. The Morgan fingerprint density at radius 1 is 1.22 bits per heavy atom. The zero-order valence-corrected chi connectivity index (χ0v) is 14.5. The molecule has 1 aliphatic carbocycles. The minimum absolute atomic E-state index is 0.0865. The van der Waals surface area contributed by atoms with E-state index in [9.17, 15) is 4.79 Å². The Morgan fingerprint density at radius 3 is 2.70 bits per heavy atom. The number of hydrogen-bond acceptors (Lipinski definition) is 3. The maximum Gasteiger partial charge on any atom is 0.267 e. The van der Waals surface area contributed by atoms with Crippen LogP contribution in [-0.4, -0.2) is 9.55 Å². The van der Waals surface area contributed by atoms with Gasteiger partial charge < -0.3 is 0 Å². The van der Waals surface area contributed by atoms with E-state index in [2.05, 4.69) is 13.8 Å². The molecular formula is C19H20N2OS. The van der Waals surface area contributed by atoms with Crippen LogP contribution in [-0.2, 0) is 12.8 Å². The molecule has 0 saturated carbocycles. The Bertz CT molecular complexity index is 950. The minimum atomic E-state index is 0.0865. The normalized spacial score (nSPS) is 17.4. The van der Waals surface area contributed by atoms with Crippen molar-refractivity contribution in [3.8, 4) is 5.69 Å². The molecule has 3 nitrogen and oxygen atoms in total. The van der Waals surface area contributed by atoms with E-state index in [1.165, 1.54) is 16.0 Å². The van der Waals surface area contributed by atoms with Gasteiger partial charge in [0.1, 0.15) is 10.7 Å². The Kier molecular flexibility index (Phi) is 3.38. The van der Waals surface area contributed by atoms with Gasteiger partial charge in [-0.1, -0.05) is 24.6 Å². The molecule has 0 radical (unpaired) electrons. The van der Waals surface area contributed by atoms with Gasteiger partial charge in [0.25, 0.3) is 5.56 Å². The third kappa shape index (κ3) is 2.32. The van der Waals surface area contributed by atoms with Gasteiger partial charge in [-0.2, -0.15) is 0 Å². The van der Waals surface area contributed by atoms with E-state index >= 15 is 0 Å². The van der Waals surface area contributed by atoms with Crippen LogP contribution in [0.5, 0.6) is 0 Å². The molecule has 0 N–H and O–H groups in total. The van der Waals surface area contributed by atoms with Crippen molar-refractivity contribution in [2.45, 2.75) is 40.0 Å². The number of hydrogen-bond donors (Lipinski definition) is 0. The Labute approximate surface area is 139 Å². The number of fused-ring (bicyclic) bond motifs is 3. The van der Waals surface area contributed by atoms with Crippen molar-refractivity contribution >= 4 is 21.6 Å². The topological polar surface area (TPSA) is 34.9 Å². The maximum atomic E-state index is 13.2. The summed E-state index contributed by atoms with van der Waals surface area (Å²) in [4.78, 5) is 20.2. The van der Waals surface area contributed by atoms with Crippen LogP contribution in [0.2, 0.25) is 0 Å². The summed E-state index contributed by atoms with van der Waals surface area (Å²) in [5.41, 5.74) is 3.43. The second kappa shape index (κ2) is 5.31. The quantitative estimate of drug-likeness (QED) is 0.673. The summed E-state index contributed by atoms with van der Waals surface area (Å²) in [6, 6.07) is 8.07. The second-order valence-electron chi connectivity index (χ2n) is 6.67. The second-order valence-corrected chi connectivity index (χ2v) is 7.75. The highest BCUT2D eigenvalue weighted by atomic mass is 32.1. The van der Waals surface area contributed by atoms with Crippen LogP contribution in [0.25, 0.3) is 15.9 Å². The van der Waals surface area contributed by atoms with E-state index in [1.807, 2.05) is 31.2 Å². The average molecular weight is 324 g/mol. The number of aromatic nitrogens is 2. The molecule has 0 amide bonds. The van der Waals surface area contributed by atoms with E-state index in [1.54, 1.807) is 15.9 Å². The zero-order chi connectivity index (χ0) is 16.1. The first kappa shape index (κ1) is 14.6. The number of benzene rings is 1. The predicted octanol–water partition coefficient (Wildman–Crippen LogP) is 4.19. The van der Waals surface area contributed by atoms with Crippen LogP contribution >= 0.6 is 11.3 Å². The SMILES string of the molecule is Cc1ccc(-n2c(C)nc3sc4c(c3c2=O)CCC(C)C4)cc1. The summed E-state index contributed by atoms with van der Waals surface area (Å²) >= 11 is 1.71. The fourth-order valence-electron chi connectivity index (χ4n) is 3.49. The lowest BCUT2D eigenvalue weighted by molar-refractivity contribution is 0.509. The molecular weight excluding hydrogens is 304 g/mol.